The van der Waals surface area contributed by atoms with Crippen molar-refractivity contribution < 1.29 is 39.3 Å². The molecule has 4 aliphatic heterocycles. The van der Waals surface area contributed by atoms with Gasteiger partial charge in [0.05, 0.1) is 0 Å². The Hall–Kier alpha value is -1.28. The van der Waals surface area contributed by atoms with Gasteiger partial charge in [0.15, 0.2) is 0 Å². The van der Waals surface area contributed by atoms with Crippen molar-refractivity contribution in [2.24, 2.45) is 0 Å². The molecule has 0 aliphatic carbocycles. The van der Waals surface area contributed by atoms with E-state index in [0.717, 1.165) is 26.2 Å². The average Bonchev–Trinajstić information content (AvgIpc) is 2.82. The van der Waals surface area contributed by atoms with Gasteiger partial charge in [-0.3, -0.25) is 0 Å². The Balaban J connectivity index is 0.000000243. The van der Waals surface area contributed by atoms with Gasteiger partial charge in [0.2, 0.25) is 0 Å². The van der Waals surface area contributed by atoms with E-state index in [0.29, 0.717) is 18.1 Å². The zero-order chi connectivity index (χ0) is 21.6. The van der Waals surface area contributed by atoms with Gasteiger partial charge in [0.25, 0.3) is 0 Å². The van der Waals surface area contributed by atoms with Crippen LogP contribution in [0.2, 0.25) is 0 Å². The molecule has 0 aromatic rings. The van der Waals surface area contributed by atoms with Gasteiger partial charge in [-0.25, -0.2) is 9.59 Å². The molecule has 8 nitrogen and oxygen atoms in total. The zero-order valence-corrected chi connectivity index (χ0v) is 19.7. The number of carbonyl (C=O) groups is 2. The van der Waals surface area contributed by atoms with E-state index >= 15 is 0 Å². The van der Waals surface area contributed by atoms with E-state index in [1.165, 1.54) is 63.5 Å². The second-order valence-corrected chi connectivity index (χ2v) is 7.83. The summed E-state index contributed by atoms with van der Waals surface area (Å²) in [4.78, 5) is 18.2. The van der Waals surface area contributed by atoms with Gasteiger partial charge in [-0.1, -0.05) is 69.9 Å². The second kappa shape index (κ2) is 16.4. The number of hydrogen-bond donors (Lipinski definition) is 2. The van der Waals surface area contributed by atoms with Crippen molar-refractivity contribution >= 4 is 11.9 Å². The molecule has 0 spiro atoms. The van der Waals surface area contributed by atoms with Crippen molar-refractivity contribution in [3.63, 3.8) is 0 Å². The molecule has 0 amide bonds. The fourth-order valence-corrected chi connectivity index (χ4v) is 3.94. The van der Waals surface area contributed by atoms with Crippen LogP contribution in [0, 0.1) is 0 Å². The largest absolute Gasteiger partial charge is 4.00 e. The van der Waals surface area contributed by atoms with Crippen LogP contribution in [-0.4, -0.2) is 66.5 Å². The summed E-state index contributed by atoms with van der Waals surface area (Å²) in [6, 6.07) is 1.60. The average molecular weight is 520 g/mol. The smallest absolute Gasteiger partial charge is 0.686 e. The molecule has 4 aliphatic rings. The summed E-state index contributed by atoms with van der Waals surface area (Å²) in [5, 5.41) is 33.1. The molecule has 0 aromatic heterocycles. The monoisotopic (exact) mass is 520 g/mol. The number of piperidine rings is 3. The van der Waals surface area contributed by atoms with E-state index < -0.39 is 11.9 Å². The quantitative estimate of drug-likeness (QED) is 0.403. The van der Waals surface area contributed by atoms with Gasteiger partial charge in [-0.2, -0.15) is 17.8 Å². The third-order valence-electron chi connectivity index (χ3n) is 5.53. The van der Waals surface area contributed by atoms with Crippen LogP contribution < -0.4 is 0 Å². The van der Waals surface area contributed by atoms with Gasteiger partial charge in [0.1, 0.15) is 0 Å². The molecule has 174 valence electrons. The molecule has 0 saturated carbocycles. The Morgan fingerprint density at radius 1 is 0.774 bits per heavy atom. The van der Waals surface area contributed by atoms with Crippen LogP contribution in [0.3, 0.4) is 0 Å². The van der Waals surface area contributed by atoms with Crippen molar-refractivity contribution in [3.8, 4) is 0 Å². The number of allylic oxidation sites excluding steroid dienone is 2. The maximum atomic E-state index is 9.10. The van der Waals surface area contributed by atoms with Gasteiger partial charge >= 0.3 is 31.4 Å². The second-order valence-electron chi connectivity index (χ2n) is 7.83. The summed E-state index contributed by atoms with van der Waals surface area (Å²) in [5.41, 5.74) is 1.19. The Morgan fingerprint density at radius 2 is 1.29 bits per heavy atom. The molecule has 3 saturated heterocycles. The van der Waals surface area contributed by atoms with Crippen LogP contribution >= 0.6 is 0 Å². The Morgan fingerprint density at radius 3 is 1.65 bits per heavy atom. The topological polar surface area (TPSA) is 131 Å². The maximum absolute atomic E-state index is 9.10. The molecular formula is C22H34N4O4Ru. The third kappa shape index (κ3) is 11.2. The van der Waals surface area contributed by atoms with Gasteiger partial charge in [-0.15, -0.1) is 38.3 Å². The van der Waals surface area contributed by atoms with E-state index in [4.69, 9.17) is 19.8 Å². The van der Waals surface area contributed by atoms with Gasteiger partial charge in [0, 0.05) is 0 Å². The van der Waals surface area contributed by atoms with Crippen LogP contribution in [0.25, 0.3) is 21.3 Å². The number of aliphatic carboxylic acids is 2. The molecule has 9 heteroatoms. The standard InChI is InChI=1S/C10H18N2.C10H14N2.C2H2O4.Ru/c2*1-3-7-11-9(5-1)10-6-2-4-8-12-10;3-1(4)2(5)6;/h9-10H,1-8H2;1,3,5,10H,2,4,6-8H2;(H,3,4)(H,5,6);/q2*-2;;+4. The zero-order valence-electron chi connectivity index (χ0n) is 18.0. The molecule has 4 rings (SSSR count). The van der Waals surface area contributed by atoms with Crippen LogP contribution in [0.5, 0.6) is 0 Å². The molecular weight excluding hydrogens is 485 g/mol. The minimum Gasteiger partial charge on any atom is -0.686 e. The molecule has 0 aromatic carbocycles. The van der Waals surface area contributed by atoms with Crippen LogP contribution in [0.1, 0.15) is 57.8 Å². The first-order chi connectivity index (χ1) is 14.6. The summed E-state index contributed by atoms with van der Waals surface area (Å²) in [6.07, 6.45) is 18.0. The summed E-state index contributed by atoms with van der Waals surface area (Å²) in [7, 11) is 0. The predicted molar refractivity (Wildman–Crippen MR) is 118 cm³/mol. The van der Waals surface area contributed by atoms with Crippen molar-refractivity contribution in [1.29, 1.82) is 0 Å². The molecule has 3 unspecified atom stereocenters. The number of rotatable bonds is 2. The molecule has 2 N–H and O–H groups in total. The van der Waals surface area contributed by atoms with E-state index in [9.17, 15) is 0 Å². The first-order valence-corrected chi connectivity index (χ1v) is 11.1. The molecule has 4 heterocycles. The summed E-state index contributed by atoms with van der Waals surface area (Å²) < 4.78 is 0. The van der Waals surface area contributed by atoms with Gasteiger partial charge < -0.3 is 31.5 Å². The number of nitrogens with zero attached hydrogens (tertiary/aromatic N) is 4. The number of carboxylic acids is 2. The number of carboxylic acid groups (broad SMARTS) is 2. The van der Waals surface area contributed by atoms with Crippen molar-refractivity contribution in [2.45, 2.75) is 75.9 Å². The Kier molecular flexibility index (Phi) is 14.7. The van der Waals surface area contributed by atoms with Crippen LogP contribution in [-0.2, 0) is 29.1 Å². The van der Waals surface area contributed by atoms with E-state index in [1.54, 1.807) is 0 Å². The minimum atomic E-state index is -1.82. The predicted octanol–water partition coefficient (Wildman–Crippen LogP) is 4.73. The van der Waals surface area contributed by atoms with E-state index in [1.807, 2.05) is 0 Å². The normalized spacial score (nSPS) is 27.5. The van der Waals surface area contributed by atoms with E-state index in [-0.39, 0.29) is 19.5 Å². The maximum Gasteiger partial charge on any atom is 4.00 e. The summed E-state index contributed by atoms with van der Waals surface area (Å²) in [5.74, 6) is -3.65. The summed E-state index contributed by atoms with van der Waals surface area (Å²) in [6.45, 7) is 4.06. The molecule has 0 radical (unpaired) electrons. The van der Waals surface area contributed by atoms with E-state index in [2.05, 4.69) is 39.5 Å². The first-order valence-electron chi connectivity index (χ1n) is 11.1. The molecule has 0 bridgehead atoms. The Labute approximate surface area is 198 Å². The molecule has 3 fully saturated rings. The van der Waals surface area contributed by atoms with Crippen molar-refractivity contribution in [3.05, 3.63) is 45.2 Å². The fourth-order valence-electron chi connectivity index (χ4n) is 3.94. The van der Waals surface area contributed by atoms with Gasteiger partial charge in [-0.05, 0) is 0 Å². The fraction of sp³-hybridized carbons (Fsp3) is 0.727. The Bertz CT molecular complexity index is 554. The third-order valence-corrected chi connectivity index (χ3v) is 5.53. The number of hydrogen-bond acceptors (Lipinski definition) is 2. The first kappa shape index (κ1) is 27.8. The molecule has 31 heavy (non-hydrogen) atoms. The van der Waals surface area contributed by atoms with Crippen molar-refractivity contribution in [2.75, 3.05) is 26.2 Å². The van der Waals surface area contributed by atoms with Crippen LogP contribution in [0.15, 0.2) is 23.9 Å². The van der Waals surface area contributed by atoms with Crippen LogP contribution in [0.4, 0.5) is 0 Å². The molecule has 3 atom stereocenters. The SMILES string of the molecule is C1=CC[N-]C(C2CCCC[N-]2)=C1.C1CCC(C2CCCC[N-]2)[N-]C1.O=C(O)C(=O)O.[Ru+4]. The summed E-state index contributed by atoms with van der Waals surface area (Å²) >= 11 is 0. The minimum absolute atomic E-state index is 0. The van der Waals surface area contributed by atoms with Crippen molar-refractivity contribution in [1.82, 2.24) is 0 Å².